The van der Waals surface area contributed by atoms with Gasteiger partial charge in [-0.3, -0.25) is 4.90 Å². The monoisotopic (exact) mass is 531 g/mol. The molecule has 1 heterocycles. The van der Waals surface area contributed by atoms with Crippen molar-refractivity contribution in [3.05, 3.63) is 70.0 Å². The van der Waals surface area contributed by atoms with Gasteiger partial charge < -0.3 is 20.6 Å². The molecular weight excluding hydrogens is 493 g/mol. The van der Waals surface area contributed by atoms with Crippen molar-refractivity contribution in [1.82, 2.24) is 9.80 Å². The molecule has 0 spiro atoms. The van der Waals surface area contributed by atoms with E-state index in [4.69, 9.17) is 0 Å². The number of hydrogen-bond donors (Lipinski definition) is 2. The van der Waals surface area contributed by atoms with Gasteiger partial charge in [0.05, 0.1) is 5.56 Å². The summed E-state index contributed by atoms with van der Waals surface area (Å²) in [6.07, 6.45) is 0.992. The quantitative estimate of drug-likeness (QED) is 0.389. The largest absolute Gasteiger partial charge is 0.657 e. The number of carboxylic acids is 1. The molecule has 2 aromatic rings. The zero-order valence-corrected chi connectivity index (χ0v) is 22.2. The number of rotatable bonds is 10. The number of hydrogen-bond acceptors (Lipinski definition) is 4. The van der Waals surface area contributed by atoms with Gasteiger partial charge in [-0.05, 0) is 81.9 Å². The van der Waals surface area contributed by atoms with E-state index in [-0.39, 0.29) is 12.1 Å². The molecule has 0 amide bonds. The molecule has 2 saturated carbocycles. The van der Waals surface area contributed by atoms with Crippen LogP contribution in [-0.2, 0) is 30.5 Å². The first-order chi connectivity index (χ1) is 18.1. The highest BCUT2D eigenvalue weighted by Gasteiger charge is 2.50. The van der Waals surface area contributed by atoms with Crippen molar-refractivity contribution in [2.45, 2.75) is 56.9 Å². The lowest BCUT2D eigenvalue weighted by Crippen LogP contribution is -2.35. The summed E-state index contributed by atoms with van der Waals surface area (Å²) in [5.41, 5.74) is 2.69. The van der Waals surface area contributed by atoms with Crippen LogP contribution in [0.15, 0.2) is 42.5 Å². The number of nitrogens with one attached hydrogen (secondary N) is 1. The van der Waals surface area contributed by atoms with Gasteiger partial charge in [0, 0.05) is 25.3 Å². The highest BCUT2D eigenvalue weighted by molar-refractivity contribution is 5.86. The van der Waals surface area contributed by atoms with Crippen molar-refractivity contribution in [1.29, 1.82) is 0 Å². The molecule has 6 nitrogen and oxygen atoms in total. The highest BCUT2D eigenvalue weighted by atomic mass is 19.4. The Balaban J connectivity index is 0.000000182. The number of carboxylic acid groups (broad SMARTS) is 1. The molecule has 0 bridgehead atoms. The summed E-state index contributed by atoms with van der Waals surface area (Å²) in [5, 5.41) is 16.8. The maximum Gasteiger partial charge on any atom is 0.416 e. The van der Waals surface area contributed by atoms with E-state index in [1.165, 1.54) is 42.6 Å². The van der Waals surface area contributed by atoms with E-state index >= 15 is 0 Å². The molecule has 208 valence electrons. The lowest BCUT2D eigenvalue weighted by molar-refractivity contribution is -0.139. The van der Waals surface area contributed by atoms with Crippen LogP contribution in [0, 0.1) is 5.92 Å². The second kappa shape index (κ2) is 12.1. The van der Waals surface area contributed by atoms with Crippen molar-refractivity contribution in [3.63, 3.8) is 0 Å². The Labute approximate surface area is 223 Å². The van der Waals surface area contributed by atoms with Crippen LogP contribution in [0.1, 0.15) is 47.9 Å². The summed E-state index contributed by atoms with van der Waals surface area (Å²) in [5.74, 6) is 0.209. The Hall–Kier alpha value is -2.62. The topological polar surface area (TPSA) is 69.9 Å². The third kappa shape index (κ3) is 7.71. The Morgan fingerprint density at radius 2 is 1.89 bits per heavy atom. The summed E-state index contributed by atoms with van der Waals surface area (Å²) in [6.45, 7) is 4.75. The summed E-state index contributed by atoms with van der Waals surface area (Å²) in [7, 11) is 3.80. The molecule has 0 saturated heterocycles. The molecule has 3 aliphatic rings. The van der Waals surface area contributed by atoms with Gasteiger partial charge in [0.2, 0.25) is 0 Å². The molecule has 9 heteroatoms. The van der Waals surface area contributed by atoms with Crippen LogP contribution in [0.4, 0.5) is 18.9 Å². The molecule has 0 atom stereocenters. The van der Waals surface area contributed by atoms with E-state index in [9.17, 15) is 23.1 Å². The normalized spacial score (nSPS) is 18.4. The lowest BCUT2D eigenvalue weighted by atomic mass is 9.97. The number of anilines is 1. The summed E-state index contributed by atoms with van der Waals surface area (Å²) >= 11 is 0. The Morgan fingerprint density at radius 3 is 2.53 bits per heavy atom. The SMILES string of the molecule is CN(C)CC[N-]Cc1ccccc1C(F)(F)F.O=C(O)C1(Nc2cccc3c2CCN(CC2CC2)C3)CC1. The smallest absolute Gasteiger partial charge is 0.416 e. The van der Waals surface area contributed by atoms with Crippen LogP contribution in [0.25, 0.3) is 5.32 Å². The van der Waals surface area contributed by atoms with Gasteiger partial charge in [0.15, 0.2) is 0 Å². The minimum Gasteiger partial charge on any atom is -0.657 e. The van der Waals surface area contributed by atoms with Crippen LogP contribution in [-0.4, -0.2) is 66.7 Å². The number of alkyl halides is 3. The van der Waals surface area contributed by atoms with Crippen LogP contribution in [0.5, 0.6) is 0 Å². The number of fused-ring (bicyclic) bond motifs is 1. The van der Waals surface area contributed by atoms with Gasteiger partial charge in [-0.2, -0.15) is 13.2 Å². The summed E-state index contributed by atoms with van der Waals surface area (Å²) < 4.78 is 37.9. The fraction of sp³-hybridized carbons (Fsp3) is 0.552. The Morgan fingerprint density at radius 1 is 1.16 bits per heavy atom. The van der Waals surface area contributed by atoms with Gasteiger partial charge in [-0.1, -0.05) is 35.9 Å². The third-order valence-electron chi connectivity index (χ3n) is 7.40. The molecule has 0 aromatic heterocycles. The summed E-state index contributed by atoms with van der Waals surface area (Å²) in [4.78, 5) is 15.9. The molecule has 2 N–H and O–H groups in total. The average Bonchev–Trinajstić information content (AvgIpc) is 3.79. The molecule has 2 fully saturated rings. The molecular formula is C29H38F3N4O2-. The van der Waals surface area contributed by atoms with Gasteiger partial charge in [-0.25, -0.2) is 4.79 Å². The number of halogens is 3. The minimum atomic E-state index is -4.30. The van der Waals surface area contributed by atoms with Crippen LogP contribution in [0.2, 0.25) is 0 Å². The predicted molar refractivity (Wildman–Crippen MR) is 143 cm³/mol. The molecule has 5 rings (SSSR count). The average molecular weight is 532 g/mol. The molecule has 0 radical (unpaired) electrons. The maximum atomic E-state index is 12.6. The first-order valence-corrected chi connectivity index (χ1v) is 13.4. The number of likely N-dealkylation sites (N-methyl/N-ethyl adjacent to an activating group) is 1. The zero-order chi connectivity index (χ0) is 27.3. The van der Waals surface area contributed by atoms with Crippen molar-refractivity contribution in [3.8, 4) is 0 Å². The zero-order valence-electron chi connectivity index (χ0n) is 22.2. The van der Waals surface area contributed by atoms with Crippen molar-refractivity contribution in [2.24, 2.45) is 5.92 Å². The van der Waals surface area contributed by atoms with Crippen molar-refractivity contribution in [2.75, 3.05) is 45.6 Å². The summed E-state index contributed by atoms with van der Waals surface area (Å²) in [6, 6.07) is 11.9. The Kier molecular flexibility index (Phi) is 9.00. The highest BCUT2D eigenvalue weighted by Crippen LogP contribution is 2.41. The second-order valence-corrected chi connectivity index (χ2v) is 10.9. The number of aliphatic carboxylic acids is 1. The van der Waals surface area contributed by atoms with Gasteiger partial charge in [0.25, 0.3) is 0 Å². The van der Waals surface area contributed by atoms with E-state index in [2.05, 4.69) is 27.7 Å². The van der Waals surface area contributed by atoms with Gasteiger partial charge >= 0.3 is 12.1 Å². The number of benzene rings is 2. The molecule has 38 heavy (non-hydrogen) atoms. The van der Waals surface area contributed by atoms with Crippen LogP contribution >= 0.6 is 0 Å². The predicted octanol–water partition coefficient (Wildman–Crippen LogP) is 5.62. The minimum absolute atomic E-state index is 0.115. The van der Waals surface area contributed by atoms with E-state index < -0.39 is 23.2 Å². The van der Waals surface area contributed by atoms with Crippen molar-refractivity contribution >= 4 is 11.7 Å². The van der Waals surface area contributed by atoms with Crippen molar-refractivity contribution < 1.29 is 23.1 Å². The maximum absolute atomic E-state index is 12.6. The first kappa shape index (κ1) is 28.4. The van der Waals surface area contributed by atoms with E-state index in [0.29, 0.717) is 6.54 Å². The fourth-order valence-corrected chi connectivity index (χ4v) is 4.79. The third-order valence-corrected chi connectivity index (χ3v) is 7.40. The first-order valence-electron chi connectivity index (χ1n) is 13.4. The molecule has 2 aliphatic carbocycles. The number of nitrogens with zero attached hydrogens (tertiary/aromatic N) is 3. The molecule has 2 aromatic carbocycles. The standard InChI is InChI=1S/C17H22N2O2.C12H16F3N2/c20-16(21)17(7-8-17)18-15-3-1-2-13-11-19(9-6-14(13)15)10-12-4-5-12;1-17(2)8-7-16-9-10-5-3-4-6-11(10)12(13,14)15/h1-3,12,18H,4-11H2,(H,20,21);3-6H,7-9H2,1-2H3/q;-1. The molecule has 1 aliphatic heterocycles. The van der Waals surface area contributed by atoms with Gasteiger partial charge in [0.1, 0.15) is 5.54 Å². The fourth-order valence-electron chi connectivity index (χ4n) is 4.79. The molecule has 0 unspecified atom stereocenters. The van der Waals surface area contributed by atoms with Crippen LogP contribution < -0.4 is 5.32 Å². The van der Waals surface area contributed by atoms with Gasteiger partial charge in [-0.15, -0.1) is 13.1 Å². The lowest BCUT2D eigenvalue weighted by Gasteiger charge is -2.31. The van der Waals surface area contributed by atoms with E-state index in [0.717, 1.165) is 56.6 Å². The van der Waals surface area contributed by atoms with E-state index in [1.807, 2.05) is 25.1 Å². The Bertz CT molecular complexity index is 1100. The van der Waals surface area contributed by atoms with Crippen LogP contribution in [0.3, 0.4) is 0 Å². The second-order valence-electron chi connectivity index (χ2n) is 10.9. The van der Waals surface area contributed by atoms with E-state index in [1.54, 1.807) is 6.07 Å². The number of carbonyl (C=O) groups is 1.